The van der Waals surface area contributed by atoms with Crippen molar-refractivity contribution >= 4 is 35.4 Å². The molecule has 0 saturated carbocycles. The summed E-state index contributed by atoms with van der Waals surface area (Å²) in [4.78, 5) is 19.6. The first-order valence-electron chi connectivity index (χ1n) is 3.23. The lowest BCUT2D eigenvalue weighted by Gasteiger charge is -2.00. The molecule has 5 nitrogen and oxygen atoms in total. The molecule has 0 fully saturated rings. The van der Waals surface area contributed by atoms with Crippen LogP contribution in [0.1, 0.15) is 0 Å². The Hall–Kier alpha value is -1.33. The summed E-state index contributed by atoms with van der Waals surface area (Å²) in [7, 11) is 0. The van der Waals surface area contributed by atoms with Crippen LogP contribution in [0.5, 0.6) is 5.75 Å². The van der Waals surface area contributed by atoms with Crippen molar-refractivity contribution in [2.45, 2.75) is 0 Å². The summed E-state index contributed by atoms with van der Waals surface area (Å²) in [6, 6.07) is 2.22. The molecule has 1 aromatic carbocycles. The first kappa shape index (κ1) is 10.7. The lowest BCUT2D eigenvalue weighted by Crippen LogP contribution is -1.93. The fraction of sp³-hybridized carbons (Fsp3) is 0. The van der Waals surface area contributed by atoms with Gasteiger partial charge in [-0.25, -0.2) is 4.79 Å². The molecule has 0 heterocycles. The zero-order valence-electron chi connectivity index (χ0n) is 6.49. The molecule has 0 atom stereocenters. The molecule has 0 aliphatic carbocycles. The summed E-state index contributed by atoms with van der Waals surface area (Å²) in [5.41, 5.74) is -0.424. The second-order valence-electron chi connectivity index (χ2n) is 2.18. The highest BCUT2D eigenvalue weighted by Crippen LogP contribution is 2.36. The maximum atomic E-state index is 10.4. The number of ether oxygens (including phenoxy) is 1. The van der Waals surface area contributed by atoms with Gasteiger partial charge in [0.15, 0.2) is 0 Å². The zero-order valence-corrected chi connectivity index (χ0v) is 8.00. The number of nitro benzene ring substituents is 1. The first-order valence-corrected chi connectivity index (χ1v) is 3.99. The van der Waals surface area contributed by atoms with Crippen molar-refractivity contribution in [3.63, 3.8) is 0 Å². The Kier molecular flexibility index (Phi) is 3.27. The highest BCUT2D eigenvalue weighted by atomic mass is 35.5. The Morgan fingerprint density at radius 1 is 1.36 bits per heavy atom. The second-order valence-corrected chi connectivity index (χ2v) is 2.99. The van der Waals surface area contributed by atoms with E-state index in [4.69, 9.17) is 23.2 Å². The average Bonchev–Trinajstić information content (AvgIpc) is 2.01. The van der Waals surface area contributed by atoms with Gasteiger partial charge in [0.2, 0.25) is 0 Å². The Morgan fingerprint density at radius 3 is 2.21 bits per heavy atom. The van der Waals surface area contributed by atoms with Gasteiger partial charge in [-0.15, -0.1) is 0 Å². The van der Waals surface area contributed by atoms with Gasteiger partial charge in [0, 0.05) is 12.1 Å². The summed E-state index contributed by atoms with van der Waals surface area (Å²) in [6.45, 7) is 1.15. The minimum Gasteiger partial charge on any atom is -0.418 e. The molecule has 73 valence electrons. The van der Waals surface area contributed by atoms with E-state index >= 15 is 0 Å². The Morgan fingerprint density at radius 2 is 1.86 bits per heavy atom. The van der Waals surface area contributed by atoms with E-state index in [9.17, 15) is 14.9 Å². The van der Waals surface area contributed by atoms with E-state index in [2.05, 4.69) is 4.74 Å². The van der Waals surface area contributed by atoms with Crippen LogP contribution in [0.3, 0.4) is 0 Å². The standard InChI is InChI=1S/C7H2Cl2NO4/c8-5-1-4(14-3-11)2-6(9)7(5)10(12)13/h1-2H. The van der Waals surface area contributed by atoms with Crippen LogP contribution in [0.15, 0.2) is 12.1 Å². The topological polar surface area (TPSA) is 69.4 Å². The molecule has 0 aromatic heterocycles. The molecule has 0 unspecified atom stereocenters. The SMILES string of the molecule is O=[C]Oc1cc(Cl)c([N+](=O)[O-])c(Cl)c1. The molecule has 0 aliphatic heterocycles. The van der Waals surface area contributed by atoms with E-state index < -0.39 is 10.6 Å². The molecule has 1 aromatic rings. The molecule has 0 amide bonds. The predicted octanol–water partition coefficient (Wildman–Crippen LogP) is 2.35. The van der Waals surface area contributed by atoms with Gasteiger partial charge in [-0.1, -0.05) is 23.2 Å². The van der Waals surface area contributed by atoms with Crippen molar-refractivity contribution < 1.29 is 14.5 Å². The Balaban J connectivity index is 3.24. The molecule has 0 bridgehead atoms. The zero-order chi connectivity index (χ0) is 10.7. The number of hydrogen-bond acceptors (Lipinski definition) is 4. The number of benzene rings is 1. The number of carbonyl (C=O) groups excluding carboxylic acids is 1. The van der Waals surface area contributed by atoms with Crippen molar-refractivity contribution in [2.24, 2.45) is 0 Å². The fourth-order valence-electron chi connectivity index (χ4n) is 0.824. The average molecular weight is 235 g/mol. The van der Waals surface area contributed by atoms with Crippen molar-refractivity contribution in [3.8, 4) is 5.75 Å². The van der Waals surface area contributed by atoms with Crippen LogP contribution in [-0.4, -0.2) is 11.4 Å². The van der Waals surface area contributed by atoms with Gasteiger partial charge in [-0.2, -0.15) is 0 Å². The van der Waals surface area contributed by atoms with Crippen LogP contribution in [0, 0.1) is 10.1 Å². The fourth-order valence-corrected chi connectivity index (χ4v) is 1.43. The lowest BCUT2D eigenvalue weighted by atomic mass is 10.3. The van der Waals surface area contributed by atoms with Gasteiger partial charge in [0.25, 0.3) is 0 Å². The summed E-state index contributed by atoms with van der Waals surface area (Å²) in [5, 5.41) is 10.0. The summed E-state index contributed by atoms with van der Waals surface area (Å²) in [6.07, 6.45) is 0. The van der Waals surface area contributed by atoms with E-state index in [1.807, 2.05) is 0 Å². The van der Waals surface area contributed by atoms with Gasteiger partial charge in [0.1, 0.15) is 15.8 Å². The molecule has 1 radical (unpaired) electrons. The van der Waals surface area contributed by atoms with Gasteiger partial charge < -0.3 is 4.74 Å². The third-order valence-electron chi connectivity index (χ3n) is 1.33. The smallest absolute Gasteiger partial charge is 0.418 e. The molecular formula is C7H2Cl2NO4. The molecule has 14 heavy (non-hydrogen) atoms. The molecule has 1 rings (SSSR count). The quantitative estimate of drug-likeness (QED) is 0.595. The van der Waals surface area contributed by atoms with Crippen molar-refractivity contribution in [3.05, 3.63) is 32.3 Å². The minimum absolute atomic E-state index is 0.000556. The number of nitrogens with zero attached hydrogens (tertiary/aromatic N) is 1. The number of halogens is 2. The summed E-state index contributed by atoms with van der Waals surface area (Å²) < 4.78 is 4.31. The van der Waals surface area contributed by atoms with E-state index in [1.54, 1.807) is 0 Å². The third kappa shape index (κ3) is 2.12. The maximum Gasteiger partial charge on any atom is 0.423 e. The molecule has 0 N–H and O–H groups in total. The van der Waals surface area contributed by atoms with Gasteiger partial charge in [-0.3, -0.25) is 10.1 Å². The molecule has 0 spiro atoms. The summed E-state index contributed by atoms with van der Waals surface area (Å²) >= 11 is 11.1. The van der Waals surface area contributed by atoms with Crippen LogP contribution in [-0.2, 0) is 4.79 Å². The van der Waals surface area contributed by atoms with Crippen molar-refractivity contribution in [2.75, 3.05) is 0 Å². The summed E-state index contributed by atoms with van der Waals surface area (Å²) in [5.74, 6) is 0.000556. The number of nitro groups is 1. The molecule has 0 saturated heterocycles. The second kappa shape index (κ2) is 4.26. The number of hydrogen-bond donors (Lipinski definition) is 0. The van der Waals surface area contributed by atoms with E-state index in [0.717, 1.165) is 18.6 Å². The van der Waals surface area contributed by atoms with E-state index in [0.29, 0.717) is 0 Å². The van der Waals surface area contributed by atoms with Gasteiger partial charge >= 0.3 is 12.2 Å². The van der Waals surface area contributed by atoms with Crippen LogP contribution < -0.4 is 4.74 Å². The van der Waals surface area contributed by atoms with Gasteiger partial charge in [0.05, 0.1) is 4.92 Å². The number of rotatable bonds is 3. The van der Waals surface area contributed by atoms with Crippen molar-refractivity contribution in [1.29, 1.82) is 0 Å². The first-order chi connectivity index (χ1) is 6.56. The maximum absolute atomic E-state index is 10.4. The Bertz CT molecular complexity index is 370. The Labute approximate surface area is 88.3 Å². The van der Waals surface area contributed by atoms with Crippen LogP contribution >= 0.6 is 23.2 Å². The predicted molar refractivity (Wildman–Crippen MR) is 49.4 cm³/mol. The third-order valence-corrected chi connectivity index (χ3v) is 1.91. The van der Waals surface area contributed by atoms with E-state index in [-0.39, 0.29) is 15.8 Å². The monoisotopic (exact) mass is 234 g/mol. The van der Waals surface area contributed by atoms with Crippen LogP contribution in [0.2, 0.25) is 10.0 Å². The largest absolute Gasteiger partial charge is 0.423 e. The molecule has 0 aliphatic rings. The lowest BCUT2D eigenvalue weighted by molar-refractivity contribution is -0.384. The highest BCUT2D eigenvalue weighted by Gasteiger charge is 2.19. The molecule has 7 heteroatoms. The minimum atomic E-state index is -0.723. The van der Waals surface area contributed by atoms with Crippen LogP contribution in [0.25, 0.3) is 0 Å². The normalized spacial score (nSPS) is 9.57. The highest BCUT2D eigenvalue weighted by molar-refractivity contribution is 6.38. The van der Waals surface area contributed by atoms with Crippen LogP contribution in [0.4, 0.5) is 5.69 Å². The molecular weight excluding hydrogens is 233 g/mol. The van der Waals surface area contributed by atoms with Gasteiger partial charge in [-0.05, 0) is 0 Å². The van der Waals surface area contributed by atoms with Crippen molar-refractivity contribution in [1.82, 2.24) is 0 Å². The van der Waals surface area contributed by atoms with E-state index in [1.165, 1.54) is 0 Å².